The van der Waals surface area contributed by atoms with E-state index in [1.165, 1.54) is 7.05 Å². The van der Waals surface area contributed by atoms with Crippen LogP contribution in [0.15, 0.2) is 0 Å². The van der Waals surface area contributed by atoms with Gasteiger partial charge in [0.25, 0.3) is 0 Å². The molecule has 0 bridgehead atoms. The molecule has 1 fully saturated rings. The topological polar surface area (TPSA) is 73.2 Å². The highest BCUT2D eigenvalue weighted by Crippen LogP contribution is 2.11. The van der Waals surface area contributed by atoms with E-state index in [9.17, 15) is 9.59 Å². The van der Waals surface area contributed by atoms with Gasteiger partial charge in [-0.25, -0.2) is 0 Å². The van der Waals surface area contributed by atoms with Crippen molar-refractivity contribution in [1.29, 1.82) is 5.26 Å². The average Bonchev–Trinajstić information content (AvgIpc) is 2.24. The summed E-state index contributed by atoms with van der Waals surface area (Å²) < 4.78 is 0. The fourth-order valence-corrected chi connectivity index (χ4v) is 1.47. The first-order valence-electron chi connectivity index (χ1n) is 4.99. The molecule has 0 spiro atoms. The van der Waals surface area contributed by atoms with E-state index in [2.05, 4.69) is 11.4 Å². The van der Waals surface area contributed by atoms with E-state index in [-0.39, 0.29) is 23.8 Å². The predicted octanol–water partition coefficient (Wildman–Crippen LogP) is -0.117. The molecule has 15 heavy (non-hydrogen) atoms. The summed E-state index contributed by atoms with van der Waals surface area (Å²) >= 11 is 0. The Bertz CT molecular complexity index is 308. The standard InChI is InChI=1S/C10H15N3O2/c1-7(5-11)6-12-8-3-4-9(14)13(2)10(8)15/h7-8,12H,3-4,6H2,1-2H3. The van der Waals surface area contributed by atoms with Crippen molar-refractivity contribution < 1.29 is 9.59 Å². The number of nitrogens with zero attached hydrogens (tertiary/aromatic N) is 2. The number of nitriles is 1. The van der Waals surface area contributed by atoms with Gasteiger partial charge in [-0.1, -0.05) is 0 Å². The monoisotopic (exact) mass is 209 g/mol. The molecule has 0 saturated carbocycles. The molecule has 5 heteroatoms. The molecule has 0 aromatic heterocycles. The van der Waals surface area contributed by atoms with Gasteiger partial charge < -0.3 is 5.32 Å². The van der Waals surface area contributed by atoms with Gasteiger partial charge in [-0.15, -0.1) is 0 Å². The zero-order chi connectivity index (χ0) is 11.4. The molecule has 2 atom stereocenters. The lowest BCUT2D eigenvalue weighted by Crippen LogP contribution is -2.52. The van der Waals surface area contributed by atoms with Crippen molar-refractivity contribution in [2.45, 2.75) is 25.8 Å². The third kappa shape index (κ3) is 2.77. The second-order valence-corrected chi connectivity index (χ2v) is 3.82. The van der Waals surface area contributed by atoms with Crippen molar-refractivity contribution in [3.05, 3.63) is 0 Å². The van der Waals surface area contributed by atoms with Crippen molar-refractivity contribution in [2.75, 3.05) is 13.6 Å². The minimum absolute atomic E-state index is 0.124. The van der Waals surface area contributed by atoms with Crippen LogP contribution in [-0.4, -0.2) is 36.3 Å². The molecule has 2 amide bonds. The normalized spacial score (nSPS) is 23.8. The van der Waals surface area contributed by atoms with Gasteiger partial charge in [-0.3, -0.25) is 14.5 Å². The minimum atomic E-state index is -0.316. The Morgan fingerprint density at radius 1 is 1.67 bits per heavy atom. The van der Waals surface area contributed by atoms with E-state index in [1.807, 2.05) is 0 Å². The van der Waals surface area contributed by atoms with Gasteiger partial charge in [0.1, 0.15) is 0 Å². The lowest BCUT2D eigenvalue weighted by atomic mass is 10.0. The molecule has 1 aliphatic rings. The lowest BCUT2D eigenvalue weighted by molar-refractivity contribution is -0.148. The van der Waals surface area contributed by atoms with Gasteiger partial charge in [0, 0.05) is 20.0 Å². The fraction of sp³-hybridized carbons (Fsp3) is 0.700. The smallest absolute Gasteiger partial charge is 0.246 e. The predicted molar refractivity (Wildman–Crippen MR) is 53.6 cm³/mol. The Balaban J connectivity index is 2.47. The molecule has 1 saturated heterocycles. The van der Waals surface area contributed by atoms with Gasteiger partial charge in [-0.2, -0.15) is 5.26 Å². The number of piperidine rings is 1. The van der Waals surface area contributed by atoms with Crippen LogP contribution in [0.3, 0.4) is 0 Å². The number of carbonyl (C=O) groups is 2. The molecule has 0 aliphatic carbocycles. The molecule has 2 unspecified atom stereocenters. The summed E-state index contributed by atoms with van der Waals surface area (Å²) in [5, 5.41) is 11.6. The minimum Gasteiger partial charge on any atom is -0.305 e. The maximum Gasteiger partial charge on any atom is 0.246 e. The van der Waals surface area contributed by atoms with Gasteiger partial charge in [-0.05, 0) is 13.3 Å². The van der Waals surface area contributed by atoms with E-state index < -0.39 is 0 Å². The number of hydrogen-bond acceptors (Lipinski definition) is 4. The molecule has 0 aromatic rings. The van der Waals surface area contributed by atoms with E-state index in [1.54, 1.807) is 6.92 Å². The largest absolute Gasteiger partial charge is 0.305 e. The highest BCUT2D eigenvalue weighted by Gasteiger charge is 2.31. The molecule has 1 rings (SSSR count). The Morgan fingerprint density at radius 2 is 2.33 bits per heavy atom. The second-order valence-electron chi connectivity index (χ2n) is 3.82. The van der Waals surface area contributed by atoms with Crippen molar-refractivity contribution in [3.8, 4) is 6.07 Å². The van der Waals surface area contributed by atoms with E-state index >= 15 is 0 Å². The van der Waals surface area contributed by atoms with Crippen molar-refractivity contribution in [1.82, 2.24) is 10.2 Å². The van der Waals surface area contributed by atoms with Gasteiger partial charge in [0.15, 0.2) is 0 Å². The van der Waals surface area contributed by atoms with Crippen LogP contribution in [0.1, 0.15) is 19.8 Å². The summed E-state index contributed by atoms with van der Waals surface area (Å²) in [7, 11) is 1.49. The maximum absolute atomic E-state index is 11.6. The number of nitrogens with one attached hydrogen (secondary N) is 1. The summed E-state index contributed by atoms with van der Waals surface area (Å²) in [6.45, 7) is 2.27. The van der Waals surface area contributed by atoms with Crippen LogP contribution >= 0.6 is 0 Å². The number of rotatable bonds is 3. The zero-order valence-corrected chi connectivity index (χ0v) is 8.99. The quantitative estimate of drug-likeness (QED) is 0.658. The first-order chi connectivity index (χ1) is 7.06. The summed E-state index contributed by atoms with van der Waals surface area (Å²) in [4.78, 5) is 23.9. The Kier molecular flexibility index (Phi) is 3.81. The Morgan fingerprint density at radius 3 is 2.93 bits per heavy atom. The van der Waals surface area contributed by atoms with E-state index in [0.717, 1.165) is 4.90 Å². The number of amides is 2. The highest BCUT2D eigenvalue weighted by atomic mass is 16.2. The molecular weight excluding hydrogens is 194 g/mol. The number of carbonyl (C=O) groups excluding carboxylic acids is 2. The highest BCUT2D eigenvalue weighted by molar-refractivity contribution is 6.00. The molecule has 0 aromatic carbocycles. The van der Waals surface area contributed by atoms with Crippen molar-refractivity contribution in [2.24, 2.45) is 5.92 Å². The van der Waals surface area contributed by atoms with Crippen LogP contribution in [0.25, 0.3) is 0 Å². The summed E-state index contributed by atoms with van der Waals surface area (Å²) in [5.74, 6) is -0.455. The van der Waals surface area contributed by atoms with Crippen LogP contribution in [-0.2, 0) is 9.59 Å². The molecule has 1 heterocycles. The third-order valence-electron chi connectivity index (χ3n) is 2.54. The second kappa shape index (κ2) is 4.89. The first kappa shape index (κ1) is 11.7. The SMILES string of the molecule is CC(C#N)CNC1CCC(=O)N(C)C1=O. The molecule has 82 valence electrons. The molecule has 0 radical (unpaired) electrons. The Hall–Kier alpha value is -1.41. The van der Waals surface area contributed by atoms with Crippen LogP contribution in [0.4, 0.5) is 0 Å². The summed E-state index contributed by atoms with van der Waals surface area (Å²) in [6, 6.07) is 1.77. The van der Waals surface area contributed by atoms with Crippen LogP contribution < -0.4 is 5.32 Å². The van der Waals surface area contributed by atoms with Crippen LogP contribution in [0, 0.1) is 17.2 Å². The number of likely N-dealkylation sites (N-methyl/N-ethyl adjacent to an activating group) is 1. The zero-order valence-electron chi connectivity index (χ0n) is 8.99. The molecule has 1 N–H and O–H groups in total. The number of hydrogen-bond donors (Lipinski definition) is 1. The maximum atomic E-state index is 11.6. The lowest BCUT2D eigenvalue weighted by Gasteiger charge is -2.28. The first-order valence-corrected chi connectivity index (χ1v) is 4.99. The van der Waals surface area contributed by atoms with Gasteiger partial charge >= 0.3 is 0 Å². The van der Waals surface area contributed by atoms with Gasteiger partial charge in [0.05, 0.1) is 18.0 Å². The third-order valence-corrected chi connectivity index (χ3v) is 2.54. The number of imide groups is 1. The van der Waals surface area contributed by atoms with E-state index in [0.29, 0.717) is 19.4 Å². The molecule has 5 nitrogen and oxygen atoms in total. The van der Waals surface area contributed by atoms with Crippen LogP contribution in [0.2, 0.25) is 0 Å². The van der Waals surface area contributed by atoms with Crippen molar-refractivity contribution in [3.63, 3.8) is 0 Å². The molecular formula is C10H15N3O2. The average molecular weight is 209 g/mol. The summed E-state index contributed by atoms with van der Waals surface area (Å²) in [6.07, 6.45) is 0.918. The van der Waals surface area contributed by atoms with Crippen LogP contribution in [0.5, 0.6) is 0 Å². The number of likely N-dealkylation sites (tertiary alicyclic amines) is 1. The van der Waals surface area contributed by atoms with E-state index in [4.69, 9.17) is 5.26 Å². The molecule has 1 aliphatic heterocycles. The van der Waals surface area contributed by atoms with Gasteiger partial charge in [0.2, 0.25) is 11.8 Å². The Labute approximate surface area is 89.0 Å². The fourth-order valence-electron chi connectivity index (χ4n) is 1.47. The van der Waals surface area contributed by atoms with Crippen molar-refractivity contribution >= 4 is 11.8 Å². The summed E-state index contributed by atoms with van der Waals surface area (Å²) in [5.41, 5.74) is 0.